The van der Waals surface area contributed by atoms with Crippen molar-refractivity contribution in [3.8, 4) is 0 Å². The number of ether oxygens (including phenoxy) is 1. The predicted octanol–water partition coefficient (Wildman–Crippen LogP) is 2.36. The molecule has 1 fully saturated rings. The Morgan fingerprint density at radius 3 is 2.47 bits per heavy atom. The lowest BCUT2D eigenvalue weighted by molar-refractivity contribution is -0.384. The van der Waals surface area contributed by atoms with E-state index < -0.39 is 17.2 Å². The molecule has 0 spiro atoms. The van der Waals surface area contributed by atoms with Crippen molar-refractivity contribution >= 4 is 11.4 Å². The molecule has 0 N–H and O–H groups in total. The number of benzene rings is 1. The molecule has 2 rings (SSSR count). The van der Waals surface area contributed by atoms with Gasteiger partial charge in [-0.05, 0) is 12.1 Å². The van der Waals surface area contributed by atoms with Crippen LogP contribution in [0.15, 0.2) is 24.3 Å². The summed E-state index contributed by atoms with van der Waals surface area (Å²) >= 11 is 0. The highest BCUT2D eigenvalue weighted by molar-refractivity contribution is 5.51. The van der Waals surface area contributed by atoms with Crippen LogP contribution in [-0.4, -0.2) is 36.9 Å². The van der Waals surface area contributed by atoms with Gasteiger partial charge in [0.15, 0.2) is 6.10 Å². The lowest BCUT2D eigenvalue weighted by Gasteiger charge is -2.35. The Bertz CT molecular complexity index is 461. The van der Waals surface area contributed by atoms with Gasteiger partial charge in [-0.2, -0.15) is 13.2 Å². The number of nitro benzene ring substituents is 1. The van der Waals surface area contributed by atoms with E-state index in [0.717, 1.165) is 0 Å². The van der Waals surface area contributed by atoms with Crippen LogP contribution in [0.4, 0.5) is 24.5 Å². The van der Waals surface area contributed by atoms with Crippen molar-refractivity contribution in [3.63, 3.8) is 0 Å². The molecule has 8 heteroatoms. The highest BCUT2D eigenvalue weighted by Crippen LogP contribution is 2.28. The Morgan fingerprint density at radius 2 is 1.95 bits per heavy atom. The maximum atomic E-state index is 12.6. The molecular formula is C11H11F3N2O3. The molecule has 1 aliphatic heterocycles. The van der Waals surface area contributed by atoms with Gasteiger partial charge in [-0.1, -0.05) is 0 Å². The molecule has 1 unspecified atom stereocenters. The molecule has 1 atom stereocenters. The quantitative estimate of drug-likeness (QED) is 0.614. The third-order valence-corrected chi connectivity index (χ3v) is 2.86. The zero-order chi connectivity index (χ0) is 14.0. The zero-order valence-electron chi connectivity index (χ0n) is 9.76. The van der Waals surface area contributed by atoms with Crippen LogP contribution in [0.25, 0.3) is 0 Å². The monoisotopic (exact) mass is 276 g/mol. The van der Waals surface area contributed by atoms with Gasteiger partial charge in [0.1, 0.15) is 0 Å². The van der Waals surface area contributed by atoms with E-state index in [1.54, 1.807) is 0 Å². The average molecular weight is 276 g/mol. The maximum absolute atomic E-state index is 12.6. The Hall–Kier alpha value is -1.83. The number of nitrogens with zero attached hydrogens (tertiary/aromatic N) is 2. The molecule has 1 aliphatic rings. The minimum absolute atomic E-state index is 0.0266. The van der Waals surface area contributed by atoms with E-state index in [0.29, 0.717) is 12.2 Å². The van der Waals surface area contributed by atoms with Crippen LogP contribution in [-0.2, 0) is 4.74 Å². The smallest absolute Gasteiger partial charge is 0.366 e. The lowest BCUT2D eigenvalue weighted by atomic mass is 10.2. The van der Waals surface area contributed by atoms with Crippen LogP contribution in [0, 0.1) is 10.1 Å². The van der Waals surface area contributed by atoms with Crippen molar-refractivity contribution in [2.75, 3.05) is 24.6 Å². The summed E-state index contributed by atoms with van der Waals surface area (Å²) in [6.45, 7) is -0.00708. The fourth-order valence-electron chi connectivity index (χ4n) is 1.87. The summed E-state index contributed by atoms with van der Waals surface area (Å²) in [5, 5.41) is 10.5. The normalized spacial score (nSPS) is 20.4. The van der Waals surface area contributed by atoms with Crippen LogP contribution in [0.5, 0.6) is 0 Å². The van der Waals surface area contributed by atoms with Crippen molar-refractivity contribution in [1.82, 2.24) is 0 Å². The van der Waals surface area contributed by atoms with E-state index in [2.05, 4.69) is 4.74 Å². The van der Waals surface area contributed by atoms with E-state index in [-0.39, 0.29) is 18.8 Å². The molecule has 0 radical (unpaired) electrons. The van der Waals surface area contributed by atoms with Gasteiger partial charge in [0.05, 0.1) is 18.1 Å². The van der Waals surface area contributed by atoms with Gasteiger partial charge in [-0.3, -0.25) is 10.1 Å². The maximum Gasteiger partial charge on any atom is 0.416 e. The number of anilines is 1. The van der Waals surface area contributed by atoms with Gasteiger partial charge >= 0.3 is 6.18 Å². The largest absolute Gasteiger partial charge is 0.416 e. The van der Waals surface area contributed by atoms with E-state index in [1.165, 1.54) is 29.2 Å². The van der Waals surface area contributed by atoms with E-state index in [9.17, 15) is 23.3 Å². The van der Waals surface area contributed by atoms with Gasteiger partial charge in [0.25, 0.3) is 5.69 Å². The number of morpholine rings is 1. The Morgan fingerprint density at radius 1 is 1.32 bits per heavy atom. The molecule has 104 valence electrons. The summed E-state index contributed by atoms with van der Waals surface area (Å²) in [6.07, 6.45) is -6.23. The van der Waals surface area contributed by atoms with Crippen LogP contribution in [0.3, 0.4) is 0 Å². The molecule has 1 aromatic carbocycles. The van der Waals surface area contributed by atoms with Crippen LogP contribution in [0.2, 0.25) is 0 Å². The molecule has 0 aliphatic carbocycles. The highest BCUT2D eigenvalue weighted by Gasteiger charge is 2.43. The fourth-order valence-corrected chi connectivity index (χ4v) is 1.87. The topological polar surface area (TPSA) is 55.6 Å². The second kappa shape index (κ2) is 5.04. The number of hydrogen-bond acceptors (Lipinski definition) is 4. The number of nitro groups is 1. The molecule has 0 saturated carbocycles. The molecule has 5 nitrogen and oxygen atoms in total. The van der Waals surface area contributed by atoms with E-state index >= 15 is 0 Å². The highest BCUT2D eigenvalue weighted by atomic mass is 19.4. The third kappa shape index (κ3) is 3.14. The van der Waals surface area contributed by atoms with Crippen molar-refractivity contribution in [1.29, 1.82) is 0 Å². The summed E-state index contributed by atoms with van der Waals surface area (Å²) in [6, 6.07) is 5.43. The van der Waals surface area contributed by atoms with Crippen molar-refractivity contribution in [3.05, 3.63) is 34.4 Å². The Labute approximate surface area is 106 Å². The molecule has 0 bridgehead atoms. The summed E-state index contributed by atoms with van der Waals surface area (Å²) in [4.78, 5) is 11.4. The first-order chi connectivity index (χ1) is 8.88. The summed E-state index contributed by atoms with van der Waals surface area (Å²) in [5.41, 5.74) is 0.424. The molecular weight excluding hydrogens is 265 g/mol. The molecule has 0 amide bonds. The van der Waals surface area contributed by atoms with Crippen molar-refractivity contribution in [2.24, 2.45) is 0 Å². The van der Waals surface area contributed by atoms with Crippen LogP contribution < -0.4 is 4.90 Å². The van der Waals surface area contributed by atoms with Gasteiger partial charge in [-0.25, -0.2) is 0 Å². The molecule has 0 aromatic heterocycles. The van der Waals surface area contributed by atoms with E-state index in [1.807, 2.05) is 0 Å². The van der Waals surface area contributed by atoms with Crippen LogP contribution in [0.1, 0.15) is 0 Å². The third-order valence-electron chi connectivity index (χ3n) is 2.86. The molecule has 1 heterocycles. The Kier molecular flexibility index (Phi) is 3.61. The molecule has 19 heavy (non-hydrogen) atoms. The number of rotatable bonds is 2. The first-order valence-corrected chi connectivity index (χ1v) is 5.55. The Balaban J connectivity index is 2.11. The number of alkyl halides is 3. The second-order valence-corrected chi connectivity index (χ2v) is 4.12. The van der Waals surface area contributed by atoms with Crippen molar-refractivity contribution < 1.29 is 22.8 Å². The summed E-state index contributed by atoms with van der Waals surface area (Å²) < 4.78 is 42.4. The average Bonchev–Trinajstić information content (AvgIpc) is 2.38. The summed E-state index contributed by atoms with van der Waals surface area (Å²) in [5.74, 6) is 0. The summed E-state index contributed by atoms with van der Waals surface area (Å²) in [7, 11) is 0. The van der Waals surface area contributed by atoms with Gasteiger partial charge in [0, 0.05) is 24.4 Å². The standard InChI is InChI=1S/C11H11F3N2O3/c12-11(13,14)10-7-15(5-6-19-10)8-1-3-9(4-2-8)16(17)18/h1-4,10H,5-7H2. The molecule has 1 saturated heterocycles. The molecule has 1 aromatic rings. The van der Waals surface area contributed by atoms with Gasteiger partial charge in [-0.15, -0.1) is 0 Å². The van der Waals surface area contributed by atoms with Gasteiger partial charge in [0.2, 0.25) is 0 Å². The predicted molar refractivity (Wildman–Crippen MR) is 61.1 cm³/mol. The minimum Gasteiger partial charge on any atom is -0.366 e. The lowest BCUT2D eigenvalue weighted by Crippen LogP contribution is -2.49. The number of hydrogen-bond donors (Lipinski definition) is 0. The number of non-ortho nitro benzene ring substituents is 1. The van der Waals surface area contributed by atoms with Crippen LogP contribution >= 0.6 is 0 Å². The van der Waals surface area contributed by atoms with E-state index in [4.69, 9.17) is 0 Å². The SMILES string of the molecule is O=[N+]([O-])c1ccc(N2CCOC(C(F)(F)F)C2)cc1. The second-order valence-electron chi connectivity index (χ2n) is 4.12. The minimum atomic E-state index is -4.40. The number of halogens is 3. The first kappa shape index (κ1) is 13.6. The van der Waals surface area contributed by atoms with Gasteiger partial charge < -0.3 is 9.64 Å². The van der Waals surface area contributed by atoms with Crippen molar-refractivity contribution in [2.45, 2.75) is 12.3 Å². The fraction of sp³-hybridized carbons (Fsp3) is 0.455. The first-order valence-electron chi connectivity index (χ1n) is 5.55. The zero-order valence-corrected chi connectivity index (χ0v) is 9.76.